The molecule has 128 valence electrons. The molecule has 25 heavy (non-hydrogen) atoms. The van der Waals surface area contributed by atoms with Gasteiger partial charge in [0.1, 0.15) is 12.5 Å². The molecule has 0 aliphatic heterocycles. The first kappa shape index (κ1) is 16.8. The Hall–Kier alpha value is -3.00. The third-order valence-electron chi connectivity index (χ3n) is 3.37. The van der Waals surface area contributed by atoms with Crippen LogP contribution in [0.15, 0.2) is 57.2 Å². The minimum atomic E-state index is -5.65. The van der Waals surface area contributed by atoms with Crippen LogP contribution in [0, 0.1) is 23.7 Å². The quantitative estimate of drug-likeness (QED) is 0.514. The van der Waals surface area contributed by atoms with Gasteiger partial charge in [0.2, 0.25) is 0 Å². The van der Waals surface area contributed by atoms with E-state index in [0.717, 1.165) is 25.1 Å². The lowest BCUT2D eigenvalue weighted by Gasteiger charge is -2.24. The molecule has 2 nitrogen and oxygen atoms in total. The van der Waals surface area contributed by atoms with Crippen molar-refractivity contribution in [2.45, 2.75) is 17.8 Å². The van der Waals surface area contributed by atoms with Gasteiger partial charge in [0.05, 0.1) is 34.8 Å². The third kappa shape index (κ3) is 2.51. The number of hydrogen-bond acceptors (Lipinski definition) is 2. The highest BCUT2D eigenvalue weighted by Crippen LogP contribution is 2.58. The van der Waals surface area contributed by atoms with Gasteiger partial charge in [0, 0.05) is 0 Å². The number of hydrogen-bond donors (Lipinski definition) is 0. The summed E-state index contributed by atoms with van der Waals surface area (Å²) in [6.45, 7) is 0. The van der Waals surface area contributed by atoms with Crippen LogP contribution in [0.4, 0.5) is 26.3 Å². The molecule has 1 aliphatic rings. The molecule has 0 saturated carbocycles. The van der Waals surface area contributed by atoms with Gasteiger partial charge in [0.15, 0.2) is 0 Å². The van der Waals surface area contributed by atoms with Crippen molar-refractivity contribution < 1.29 is 35.2 Å². The Kier molecular flexibility index (Phi) is 3.72. The van der Waals surface area contributed by atoms with Crippen molar-refractivity contribution in [3.05, 3.63) is 59.5 Å². The fourth-order valence-corrected chi connectivity index (χ4v) is 2.05. The Morgan fingerprint density at radius 1 is 0.640 bits per heavy atom. The molecule has 0 saturated heterocycles. The highest BCUT2D eigenvalue weighted by molar-refractivity contribution is 5.60. The summed E-state index contributed by atoms with van der Waals surface area (Å²) in [5, 5.41) is 0. The molecular formula is C17H6F6O2. The van der Waals surface area contributed by atoms with E-state index in [9.17, 15) is 26.3 Å². The lowest BCUT2D eigenvalue weighted by Crippen LogP contribution is -2.49. The second-order valence-corrected chi connectivity index (χ2v) is 5.00. The highest BCUT2D eigenvalue weighted by Gasteiger charge is 2.80. The van der Waals surface area contributed by atoms with Crippen LogP contribution >= 0.6 is 0 Å². The second kappa shape index (κ2) is 5.52. The lowest BCUT2D eigenvalue weighted by molar-refractivity contribution is -0.263. The van der Waals surface area contributed by atoms with Crippen LogP contribution < -0.4 is 0 Å². The maximum absolute atomic E-state index is 13.9. The van der Waals surface area contributed by atoms with Gasteiger partial charge in [0.25, 0.3) is 0 Å². The summed E-state index contributed by atoms with van der Waals surface area (Å²) in [7, 11) is 0. The molecule has 0 aromatic carbocycles. The molecule has 0 bridgehead atoms. The number of furan rings is 2. The summed E-state index contributed by atoms with van der Waals surface area (Å²) in [6, 6.07) is 2.52. The van der Waals surface area contributed by atoms with Crippen LogP contribution in [-0.4, -0.2) is 17.8 Å². The molecule has 3 rings (SSSR count). The molecule has 2 aromatic heterocycles. The molecule has 2 heterocycles. The maximum atomic E-state index is 13.9. The van der Waals surface area contributed by atoms with Crippen LogP contribution in [0.5, 0.6) is 0 Å². The lowest BCUT2D eigenvalue weighted by atomic mass is 10.1. The van der Waals surface area contributed by atoms with Crippen molar-refractivity contribution in [3.63, 3.8) is 0 Å². The van der Waals surface area contributed by atoms with E-state index in [1.807, 2.05) is 0 Å². The van der Waals surface area contributed by atoms with Crippen molar-refractivity contribution in [1.82, 2.24) is 0 Å². The summed E-state index contributed by atoms with van der Waals surface area (Å²) in [6.07, 6.45) is 4.42. The van der Waals surface area contributed by atoms with E-state index in [1.54, 1.807) is 11.8 Å². The number of halogens is 6. The van der Waals surface area contributed by atoms with Gasteiger partial charge in [-0.15, -0.1) is 0 Å². The van der Waals surface area contributed by atoms with E-state index in [-0.39, 0.29) is 11.1 Å². The zero-order chi connectivity index (χ0) is 18.3. The zero-order valence-corrected chi connectivity index (χ0v) is 12.0. The zero-order valence-electron chi connectivity index (χ0n) is 12.0. The average molecular weight is 356 g/mol. The SMILES string of the molecule is FC1(F)C(C#Cc2ccoc2)=C(C#Cc2ccoc2)C(F)(F)C1(F)F. The first-order valence-electron chi connectivity index (χ1n) is 6.65. The predicted molar refractivity (Wildman–Crippen MR) is 73.0 cm³/mol. The average Bonchev–Trinajstić information content (AvgIpc) is 3.23. The fraction of sp³-hybridized carbons (Fsp3) is 0.176. The Morgan fingerprint density at radius 2 is 1.04 bits per heavy atom. The van der Waals surface area contributed by atoms with E-state index in [2.05, 4.69) is 20.7 Å². The Bertz CT molecular complexity index is 853. The maximum Gasteiger partial charge on any atom is 0.382 e. The first-order valence-corrected chi connectivity index (χ1v) is 6.65. The number of allylic oxidation sites excluding steroid dienone is 2. The predicted octanol–water partition coefficient (Wildman–Crippen LogP) is 4.49. The largest absolute Gasteiger partial charge is 0.471 e. The molecule has 0 amide bonds. The van der Waals surface area contributed by atoms with Gasteiger partial charge in [-0.1, -0.05) is 23.7 Å². The Balaban J connectivity index is 2.18. The molecule has 0 N–H and O–H groups in total. The van der Waals surface area contributed by atoms with Gasteiger partial charge in [-0.3, -0.25) is 0 Å². The fourth-order valence-electron chi connectivity index (χ4n) is 2.05. The molecular weight excluding hydrogens is 350 g/mol. The van der Waals surface area contributed by atoms with E-state index < -0.39 is 28.9 Å². The molecule has 2 aromatic rings. The summed E-state index contributed by atoms with van der Waals surface area (Å²) in [4.78, 5) is 0. The number of rotatable bonds is 0. The van der Waals surface area contributed by atoms with Crippen molar-refractivity contribution in [1.29, 1.82) is 0 Å². The van der Waals surface area contributed by atoms with E-state index >= 15 is 0 Å². The van der Waals surface area contributed by atoms with E-state index in [0.29, 0.717) is 0 Å². The van der Waals surface area contributed by atoms with Crippen molar-refractivity contribution >= 4 is 0 Å². The van der Waals surface area contributed by atoms with Crippen LogP contribution in [0.3, 0.4) is 0 Å². The smallest absolute Gasteiger partial charge is 0.382 e. The Labute approximate surface area is 137 Å². The third-order valence-corrected chi connectivity index (χ3v) is 3.37. The monoisotopic (exact) mass is 356 g/mol. The standard InChI is InChI=1S/C17H6F6O2/c18-15(19)13(3-1-11-5-7-24-9-11)14(16(20,21)17(15,22)23)4-2-12-6-8-25-10-12/h5-10H. The first-order chi connectivity index (χ1) is 11.7. The minimum Gasteiger partial charge on any atom is -0.471 e. The van der Waals surface area contributed by atoms with E-state index in [1.165, 1.54) is 12.1 Å². The minimum absolute atomic E-state index is 0.0592. The van der Waals surface area contributed by atoms with Crippen LogP contribution in [0.1, 0.15) is 11.1 Å². The molecule has 8 heteroatoms. The highest BCUT2D eigenvalue weighted by atomic mass is 19.3. The normalized spacial score (nSPS) is 19.8. The summed E-state index contributed by atoms with van der Waals surface area (Å²) in [5.74, 6) is -8.43. The van der Waals surface area contributed by atoms with Gasteiger partial charge in [-0.25, -0.2) is 0 Å². The van der Waals surface area contributed by atoms with Gasteiger partial charge in [-0.05, 0) is 12.1 Å². The molecule has 0 atom stereocenters. The summed E-state index contributed by atoms with van der Waals surface area (Å²) >= 11 is 0. The van der Waals surface area contributed by atoms with Crippen molar-refractivity contribution in [2.75, 3.05) is 0 Å². The molecule has 0 spiro atoms. The van der Waals surface area contributed by atoms with Crippen molar-refractivity contribution in [3.8, 4) is 23.7 Å². The van der Waals surface area contributed by atoms with Crippen LogP contribution in [-0.2, 0) is 0 Å². The van der Waals surface area contributed by atoms with Gasteiger partial charge >= 0.3 is 17.8 Å². The van der Waals surface area contributed by atoms with Crippen LogP contribution in [0.25, 0.3) is 0 Å². The van der Waals surface area contributed by atoms with E-state index in [4.69, 9.17) is 0 Å². The summed E-state index contributed by atoms with van der Waals surface area (Å²) < 4.78 is 92.2. The Morgan fingerprint density at radius 3 is 1.36 bits per heavy atom. The topological polar surface area (TPSA) is 26.3 Å². The molecule has 0 radical (unpaired) electrons. The van der Waals surface area contributed by atoms with Gasteiger partial charge in [-0.2, -0.15) is 26.3 Å². The molecule has 0 unspecified atom stereocenters. The van der Waals surface area contributed by atoms with Crippen LogP contribution in [0.2, 0.25) is 0 Å². The summed E-state index contributed by atoms with van der Waals surface area (Å²) in [5.41, 5.74) is -3.33. The second-order valence-electron chi connectivity index (χ2n) is 5.00. The van der Waals surface area contributed by atoms with Gasteiger partial charge < -0.3 is 8.83 Å². The molecule has 1 aliphatic carbocycles. The number of alkyl halides is 6. The van der Waals surface area contributed by atoms with Crippen molar-refractivity contribution in [2.24, 2.45) is 0 Å². The molecule has 0 fully saturated rings.